The number of carbonyl (C=O) groups excluding carboxylic acids is 3. The van der Waals surface area contributed by atoms with Crippen molar-refractivity contribution in [3.8, 4) is 0 Å². The lowest BCUT2D eigenvalue weighted by atomic mass is 9.45. The third-order valence-corrected chi connectivity index (χ3v) is 11.2. The van der Waals surface area contributed by atoms with E-state index in [1.54, 1.807) is 19.9 Å². The van der Waals surface area contributed by atoms with Gasteiger partial charge in [0.15, 0.2) is 5.78 Å². The van der Waals surface area contributed by atoms with Crippen molar-refractivity contribution in [2.24, 2.45) is 28.6 Å². The smallest absolute Gasteiger partial charge is 0.334 e. The lowest BCUT2D eigenvalue weighted by Gasteiger charge is -2.61. The number of hydrogen-bond acceptors (Lipinski definition) is 7. The number of hydrogen-bond donors (Lipinski definition) is 2. The van der Waals surface area contributed by atoms with Crippen LogP contribution in [0.2, 0.25) is 0 Å². The van der Waals surface area contributed by atoms with Crippen molar-refractivity contribution in [2.45, 2.75) is 103 Å². The van der Waals surface area contributed by atoms with Gasteiger partial charge in [-0.3, -0.25) is 9.59 Å². The number of carbonyl (C=O) groups is 3. The Morgan fingerprint density at radius 2 is 1.86 bits per heavy atom. The summed E-state index contributed by atoms with van der Waals surface area (Å²) in [5.41, 5.74) is -1.53. The summed E-state index contributed by atoms with van der Waals surface area (Å²) in [6.07, 6.45) is 7.47. The number of ether oxygens (including phenoxy) is 2. The largest absolute Gasteiger partial charge is 0.456 e. The summed E-state index contributed by atoms with van der Waals surface area (Å²) in [7, 11) is 0. The Labute approximate surface area is 219 Å². The van der Waals surface area contributed by atoms with Crippen molar-refractivity contribution in [1.82, 2.24) is 0 Å². The number of cyclic esters (lactones) is 1. The van der Waals surface area contributed by atoms with E-state index in [2.05, 4.69) is 6.92 Å². The van der Waals surface area contributed by atoms with Crippen LogP contribution >= 0.6 is 0 Å². The van der Waals surface area contributed by atoms with Gasteiger partial charge in [0.25, 0.3) is 0 Å². The van der Waals surface area contributed by atoms with E-state index in [1.165, 1.54) is 13.0 Å². The van der Waals surface area contributed by atoms with Gasteiger partial charge in [-0.15, -0.1) is 0 Å². The molecule has 9 atom stereocenters. The van der Waals surface area contributed by atoms with E-state index in [1.807, 2.05) is 19.9 Å². The van der Waals surface area contributed by atoms with E-state index >= 15 is 0 Å². The molecule has 0 spiro atoms. The van der Waals surface area contributed by atoms with Crippen LogP contribution < -0.4 is 0 Å². The molecule has 1 aliphatic heterocycles. The van der Waals surface area contributed by atoms with E-state index < -0.39 is 40.2 Å². The summed E-state index contributed by atoms with van der Waals surface area (Å²) in [5.74, 6) is -1.35. The average Bonchev–Trinajstić information content (AvgIpc) is 3.11. The fraction of sp³-hybridized carbons (Fsp3) is 0.700. The van der Waals surface area contributed by atoms with Crippen LogP contribution in [0.25, 0.3) is 0 Å². The molecule has 7 heteroatoms. The van der Waals surface area contributed by atoms with Crippen LogP contribution in [0.15, 0.2) is 34.9 Å². The fourth-order valence-electron chi connectivity index (χ4n) is 8.81. The van der Waals surface area contributed by atoms with Crippen molar-refractivity contribution < 1.29 is 34.1 Å². The summed E-state index contributed by atoms with van der Waals surface area (Å²) in [4.78, 5) is 37.6. The van der Waals surface area contributed by atoms with Gasteiger partial charge in [0.05, 0.1) is 11.0 Å². The molecule has 5 rings (SSSR count). The molecule has 0 aromatic rings. The normalized spacial score (nSPS) is 44.8. The number of esters is 2. The average molecular weight is 513 g/mol. The maximum absolute atomic E-state index is 13.4. The second-order valence-electron chi connectivity index (χ2n) is 12.8. The Balaban J connectivity index is 1.49. The zero-order valence-corrected chi connectivity index (χ0v) is 22.8. The monoisotopic (exact) mass is 512 g/mol. The highest BCUT2D eigenvalue weighted by Crippen LogP contribution is 2.69. The van der Waals surface area contributed by atoms with Gasteiger partial charge < -0.3 is 19.7 Å². The topological polar surface area (TPSA) is 110 Å². The predicted octanol–water partition coefficient (Wildman–Crippen LogP) is 3.97. The van der Waals surface area contributed by atoms with Crippen LogP contribution in [0.5, 0.6) is 0 Å². The second kappa shape index (κ2) is 8.37. The summed E-state index contributed by atoms with van der Waals surface area (Å²) in [5, 5.41) is 24.4. The van der Waals surface area contributed by atoms with Crippen LogP contribution in [0.1, 0.15) is 80.1 Å². The molecule has 202 valence electrons. The van der Waals surface area contributed by atoms with Crippen molar-refractivity contribution >= 4 is 17.7 Å². The number of aliphatic hydroxyl groups is 2. The molecule has 0 radical (unpaired) electrons. The van der Waals surface area contributed by atoms with Gasteiger partial charge >= 0.3 is 11.9 Å². The van der Waals surface area contributed by atoms with E-state index in [-0.39, 0.29) is 29.5 Å². The Kier molecular flexibility index (Phi) is 5.97. The minimum atomic E-state index is -1.31. The number of fused-ring (bicyclic) bond motifs is 5. The van der Waals surface area contributed by atoms with Gasteiger partial charge in [-0.2, -0.15) is 0 Å². The first-order valence-corrected chi connectivity index (χ1v) is 13.6. The first-order valence-electron chi connectivity index (χ1n) is 13.6. The molecule has 0 saturated heterocycles. The Bertz CT molecular complexity index is 1140. The lowest BCUT2D eigenvalue weighted by molar-refractivity contribution is -0.214. The van der Waals surface area contributed by atoms with Crippen molar-refractivity contribution in [2.75, 3.05) is 0 Å². The molecule has 2 saturated carbocycles. The van der Waals surface area contributed by atoms with E-state index in [0.29, 0.717) is 44.1 Å². The van der Waals surface area contributed by atoms with Crippen molar-refractivity contribution in [3.63, 3.8) is 0 Å². The van der Waals surface area contributed by atoms with Gasteiger partial charge in [-0.25, -0.2) is 4.79 Å². The van der Waals surface area contributed by atoms with Crippen LogP contribution in [0, 0.1) is 28.6 Å². The van der Waals surface area contributed by atoms with Crippen LogP contribution in [0.4, 0.5) is 0 Å². The summed E-state index contributed by atoms with van der Waals surface area (Å²) >= 11 is 0. The second-order valence-corrected chi connectivity index (χ2v) is 12.8. The molecular formula is C30H40O7. The maximum Gasteiger partial charge on any atom is 0.334 e. The van der Waals surface area contributed by atoms with E-state index in [0.717, 1.165) is 11.1 Å². The van der Waals surface area contributed by atoms with Gasteiger partial charge in [-0.1, -0.05) is 18.6 Å². The standard InChI is InChI=1S/C30H40O7/c1-16-15-25(37-26(33)17(16)2)29(6,34)23-12-14-30(35)20-7-8-21-22(36-18(3)31)9-10-24(32)28(21,5)19(20)11-13-27(23,30)4/h8-10,19-20,22-23,25,34-35H,7,11-15H2,1-6H3/t19-,20+,22-,23-,25+,27+,28+,29+,30+/m0/s1. The summed E-state index contributed by atoms with van der Waals surface area (Å²) < 4.78 is 11.3. The maximum atomic E-state index is 13.4. The summed E-state index contributed by atoms with van der Waals surface area (Å²) in [6, 6.07) is 0. The van der Waals surface area contributed by atoms with Crippen LogP contribution in [0.3, 0.4) is 0 Å². The quantitative estimate of drug-likeness (QED) is 0.435. The molecule has 0 amide bonds. The minimum Gasteiger partial charge on any atom is -0.456 e. The molecule has 0 unspecified atom stereocenters. The molecule has 37 heavy (non-hydrogen) atoms. The molecule has 1 heterocycles. The fourth-order valence-corrected chi connectivity index (χ4v) is 8.81. The van der Waals surface area contributed by atoms with E-state index in [4.69, 9.17) is 9.47 Å². The van der Waals surface area contributed by atoms with Crippen LogP contribution in [-0.2, 0) is 23.9 Å². The molecule has 0 aromatic heterocycles. The van der Waals surface area contributed by atoms with Gasteiger partial charge in [0.1, 0.15) is 17.8 Å². The molecule has 5 aliphatic rings. The minimum absolute atomic E-state index is 0.0163. The highest BCUT2D eigenvalue weighted by molar-refractivity contribution is 5.99. The molecule has 0 bridgehead atoms. The highest BCUT2D eigenvalue weighted by atomic mass is 16.6. The Morgan fingerprint density at radius 1 is 1.16 bits per heavy atom. The molecule has 2 fully saturated rings. The zero-order valence-electron chi connectivity index (χ0n) is 22.8. The number of ketones is 1. The Morgan fingerprint density at radius 3 is 2.51 bits per heavy atom. The van der Waals surface area contributed by atoms with E-state index in [9.17, 15) is 24.6 Å². The summed E-state index contributed by atoms with van der Waals surface area (Å²) in [6.45, 7) is 10.8. The first kappa shape index (κ1) is 26.4. The third-order valence-electron chi connectivity index (χ3n) is 11.2. The predicted molar refractivity (Wildman–Crippen MR) is 136 cm³/mol. The number of rotatable bonds is 3. The number of allylic oxidation sites excluding steroid dienone is 2. The highest BCUT2D eigenvalue weighted by Gasteiger charge is 2.70. The molecule has 7 nitrogen and oxygen atoms in total. The van der Waals surface area contributed by atoms with Gasteiger partial charge in [0.2, 0.25) is 0 Å². The molecule has 4 aliphatic carbocycles. The molecular weight excluding hydrogens is 472 g/mol. The van der Waals surface area contributed by atoms with Crippen LogP contribution in [-0.4, -0.2) is 51.3 Å². The lowest BCUT2D eigenvalue weighted by Crippen LogP contribution is -2.64. The van der Waals surface area contributed by atoms with Crippen molar-refractivity contribution in [3.05, 3.63) is 34.9 Å². The Hall–Kier alpha value is -2.25. The van der Waals surface area contributed by atoms with Gasteiger partial charge in [-0.05, 0) is 95.3 Å². The van der Waals surface area contributed by atoms with Gasteiger partial charge in [0, 0.05) is 24.3 Å². The molecule has 0 aromatic carbocycles. The van der Waals surface area contributed by atoms with Crippen molar-refractivity contribution in [1.29, 1.82) is 0 Å². The first-order chi connectivity index (χ1) is 17.2. The zero-order chi connectivity index (χ0) is 27.1. The molecule has 2 N–H and O–H groups in total. The third kappa shape index (κ3) is 3.49. The SMILES string of the molecule is CC(=O)O[C@H]1C=CC(=O)[C@@]2(C)C1=CC[C@@H]1[C@@H]2CC[C@]2(C)[C@@H]([C@@](C)(O)[C@H]3CC(C)=C(C)C(=O)O3)CC[C@@]12O.